The molecule has 0 fully saturated rings. The molecule has 0 amide bonds. The van der Waals surface area contributed by atoms with Crippen molar-refractivity contribution >= 4 is 48.0 Å². The molecule has 0 aromatic heterocycles. The molecule has 0 atom stereocenters. The summed E-state index contributed by atoms with van der Waals surface area (Å²) in [6, 6.07) is 0. The summed E-state index contributed by atoms with van der Waals surface area (Å²) in [6.07, 6.45) is 0. The van der Waals surface area contributed by atoms with Crippen LogP contribution in [0.25, 0.3) is 5.41 Å². The van der Waals surface area contributed by atoms with Crippen LogP contribution in [0, 0.1) is 0 Å². The normalized spacial score (nSPS) is 7.75. The van der Waals surface area contributed by atoms with Gasteiger partial charge in [0.25, 0.3) is 0 Å². The summed E-state index contributed by atoms with van der Waals surface area (Å²) in [5, 5.41) is 8.47. The van der Waals surface area contributed by atoms with Crippen LogP contribution in [0.4, 0.5) is 0 Å². The van der Waals surface area contributed by atoms with E-state index in [4.69, 9.17) is 36.2 Å². The van der Waals surface area contributed by atoms with Crippen LogP contribution in [0.2, 0.25) is 0 Å². The molecule has 0 spiro atoms. The maximum atomic E-state index is 8.89. The second-order valence-corrected chi connectivity index (χ2v) is 4.07. The maximum absolute atomic E-state index is 8.89. The van der Waals surface area contributed by atoms with Gasteiger partial charge >= 0.3 is 10.4 Å². The van der Waals surface area contributed by atoms with Crippen molar-refractivity contribution in [2.45, 2.75) is 0 Å². The van der Waals surface area contributed by atoms with Crippen LogP contribution in [0.3, 0.4) is 0 Å². The lowest BCUT2D eigenvalue weighted by molar-refractivity contribution is 0.380. The maximum Gasteiger partial charge on any atom is 0.394 e. The van der Waals surface area contributed by atoms with Crippen molar-refractivity contribution in [1.29, 1.82) is 0 Å². The Morgan fingerprint density at radius 1 is 1.06 bits per heavy atom. The molecule has 0 radical (unpaired) electrons. The monoisotopic (exact) mass is 322 g/mol. The molecule has 0 bridgehead atoms. The number of rotatable bonds is 0. The first-order chi connectivity index (χ1) is 5.41. The van der Waals surface area contributed by atoms with Gasteiger partial charge < -0.3 is 33.0 Å². The lowest BCUT2D eigenvalue weighted by atomic mass is 11.8. The van der Waals surface area contributed by atoms with Gasteiger partial charge in [-0.1, -0.05) is 12.2 Å². The second kappa shape index (κ2) is 17.2. The van der Waals surface area contributed by atoms with E-state index in [1.54, 1.807) is 0 Å². The Hall–Kier alpha value is -0.160. The Morgan fingerprint density at radius 2 is 1.06 bits per heavy atom. The van der Waals surface area contributed by atoms with Crippen LogP contribution in [0.15, 0.2) is 0 Å². The Labute approximate surface area is 103 Å². The van der Waals surface area contributed by atoms with E-state index in [0.717, 1.165) is 0 Å². The van der Waals surface area contributed by atoms with E-state index >= 15 is 0 Å². The Balaban J connectivity index is -0.0000000220. The number of isothiocyanates is 1. The molecule has 0 saturated carbocycles. The molecule has 0 aliphatic carbocycles. The van der Waals surface area contributed by atoms with Gasteiger partial charge in [-0.25, -0.2) is 0 Å². The summed E-state index contributed by atoms with van der Waals surface area (Å²) in [5.41, 5.74) is 0. The van der Waals surface area contributed by atoms with Crippen molar-refractivity contribution in [3.8, 4) is 0 Å². The predicted octanol–water partition coefficient (Wildman–Crippen LogP) is 0.128. The third kappa shape index (κ3) is 89100. The predicted molar refractivity (Wildman–Crippen MR) is 65.2 cm³/mol. The quantitative estimate of drug-likeness (QED) is 0.229. The molecular formula is CH14N4O7S4. The smallest absolute Gasteiger partial charge is 0.394 e. The molecule has 0 rings (SSSR count). The first kappa shape index (κ1) is 36.0. The molecule has 14 N–H and O–H groups in total. The highest BCUT2D eigenvalue weighted by molar-refractivity contribution is 8.26. The lowest BCUT2D eigenvalue weighted by Gasteiger charge is -2.12. The molecular weight excluding hydrogens is 308 g/mol. The van der Waals surface area contributed by atoms with Crippen LogP contribution >= 0.6 is 12.2 Å². The molecule has 0 unspecified atom stereocenters. The third-order valence-electron chi connectivity index (χ3n) is 0. The van der Waals surface area contributed by atoms with Crippen molar-refractivity contribution in [3.63, 3.8) is 0 Å². The zero-order valence-corrected chi connectivity index (χ0v) is 11.8. The van der Waals surface area contributed by atoms with E-state index in [-0.39, 0.29) is 18.5 Å². The second-order valence-electron chi connectivity index (χ2n) is 0.947. The molecule has 15 heteroatoms. The van der Waals surface area contributed by atoms with Gasteiger partial charge in [0.15, 0.2) is 0 Å². The topological polar surface area (TPSA) is 270 Å². The molecule has 11 nitrogen and oxygen atoms in total. The van der Waals surface area contributed by atoms with Crippen LogP contribution in [0.5, 0.6) is 0 Å². The van der Waals surface area contributed by atoms with E-state index in [9.17, 15) is 0 Å². The van der Waals surface area contributed by atoms with Gasteiger partial charge in [0, 0.05) is 0 Å². The molecule has 0 heterocycles. The highest BCUT2D eigenvalue weighted by atomic mass is 32.9. The highest BCUT2D eigenvalue weighted by Crippen LogP contribution is 1.60. The fourth-order valence-corrected chi connectivity index (χ4v) is 0. The van der Waals surface area contributed by atoms with Crippen LogP contribution in [0.1, 0.15) is 0 Å². The molecule has 104 valence electrons. The van der Waals surface area contributed by atoms with Gasteiger partial charge in [0.2, 0.25) is 0 Å². The summed E-state index contributed by atoms with van der Waals surface area (Å²) in [5.74, 6) is 0. The first-order valence-electron chi connectivity index (χ1n) is 1.79. The van der Waals surface area contributed by atoms with Crippen LogP contribution < -0.4 is 18.5 Å². The van der Waals surface area contributed by atoms with Crippen molar-refractivity contribution in [1.82, 2.24) is 18.5 Å². The molecule has 0 aliphatic rings. The summed E-state index contributed by atoms with van der Waals surface area (Å²) in [7, 11) is -9.00. The fourth-order valence-electron chi connectivity index (χ4n) is 0. The van der Waals surface area contributed by atoms with Gasteiger partial charge in [-0.3, -0.25) is 13.3 Å². The number of quaternary nitrogens is 3. The number of hydrogen-bond acceptors (Lipinski definition) is 7. The minimum absolute atomic E-state index is 0. The van der Waals surface area contributed by atoms with Crippen molar-refractivity contribution in [2.24, 2.45) is 0 Å². The minimum Gasteiger partial charge on any atom is -0.780 e. The average molecular weight is 322 g/mol. The molecule has 0 aromatic rings. The third-order valence-corrected chi connectivity index (χ3v) is 0. The zero-order chi connectivity index (χ0) is 11.7. The average Bonchev–Trinajstić information content (AvgIpc) is 1.52. The van der Waals surface area contributed by atoms with Crippen molar-refractivity contribution < 1.29 is 30.8 Å². The zero-order valence-electron chi connectivity index (χ0n) is 8.52. The van der Waals surface area contributed by atoms with Crippen molar-refractivity contribution in [3.05, 3.63) is 5.41 Å². The van der Waals surface area contributed by atoms with E-state index in [1.165, 1.54) is 5.16 Å². The molecule has 0 saturated heterocycles. The van der Waals surface area contributed by atoms with Crippen molar-refractivity contribution in [2.75, 3.05) is 0 Å². The Morgan fingerprint density at radius 3 is 1.06 bits per heavy atom. The van der Waals surface area contributed by atoms with Gasteiger partial charge in [-0.2, -0.15) is 13.6 Å². The molecule has 0 aromatic carbocycles. The largest absolute Gasteiger partial charge is 0.780 e. The Bertz CT molecular complexity index is 293. The standard InChI is InChI=1S/CNS.3H3N.H2O4S.H2O3S2/c2-1-3;;;;2*1-5(2,3)4/h;3*1H3;2*(H2,1,2,3,4)/q-1;;;;;/p+1. The van der Waals surface area contributed by atoms with Crippen LogP contribution in [-0.2, 0) is 30.6 Å². The van der Waals surface area contributed by atoms with Gasteiger partial charge in [-0.05, 0) is 11.2 Å². The van der Waals surface area contributed by atoms with Gasteiger partial charge in [0.05, 0.1) is 0 Å². The summed E-state index contributed by atoms with van der Waals surface area (Å²) >= 11 is 6.94. The first-order valence-corrected chi connectivity index (χ1v) is 5.93. The Kier molecular flexibility index (Phi) is 38.8. The summed E-state index contributed by atoms with van der Waals surface area (Å²) in [4.78, 5) is 0. The van der Waals surface area contributed by atoms with E-state index in [1.807, 2.05) is 0 Å². The molecule has 0 aliphatic heterocycles. The highest BCUT2D eigenvalue weighted by Gasteiger charge is 1.84. The summed E-state index contributed by atoms with van der Waals surface area (Å²) < 4.78 is 58.3. The lowest BCUT2D eigenvalue weighted by Crippen LogP contribution is -1.89. The number of nitrogens with zero attached hydrogens (tertiary/aromatic N) is 1. The van der Waals surface area contributed by atoms with E-state index in [0.29, 0.717) is 0 Å². The summed E-state index contributed by atoms with van der Waals surface area (Å²) in [6.45, 7) is 0. The van der Waals surface area contributed by atoms with Gasteiger partial charge in [0.1, 0.15) is 0 Å². The van der Waals surface area contributed by atoms with Gasteiger partial charge in [-0.15, -0.1) is 9.05 Å². The number of hydrogen-bond donors (Lipinski definition) is 5. The van der Waals surface area contributed by atoms with E-state index in [2.05, 4.69) is 23.4 Å². The fraction of sp³-hybridized carbons (Fsp3) is 0. The molecule has 16 heavy (non-hydrogen) atoms. The minimum atomic E-state index is -4.67. The van der Waals surface area contributed by atoms with Crippen LogP contribution in [-0.4, -0.2) is 36.0 Å². The SMILES string of the molecule is O=S(=O)(O)O.O=S([O-])([O-])=S.[N-]=C=S.[NH4+].[NH4+].[NH4+]. The number of thiocarbonyl (C=S) groups is 1. The van der Waals surface area contributed by atoms with E-state index < -0.39 is 19.5 Å².